The van der Waals surface area contributed by atoms with Gasteiger partial charge in [0.1, 0.15) is 0 Å². The molecule has 1 aromatic carbocycles. The summed E-state index contributed by atoms with van der Waals surface area (Å²) in [6.07, 6.45) is 1.85. The number of aryl methyl sites for hydroxylation is 2. The zero-order chi connectivity index (χ0) is 15.6. The van der Waals surface area contributed by atoms with Crippen molar-refractivity contribution >= 4 is 21.6 Å². The quantitative estimate of drug-likeness (QED) is 0.722. The average molecular weight is 332 g/mol. The molecule has 0 amide bonds. The standard InChI is InChI=1S/C15H22ClNO3S/c1-11-8-12(2)15(9-13(11)10-16)21(18,19)17(6-7-20-3)14-4-5-14/h8-9,14H,4-7,10H2,1-3H3. The monoisotopic (exact) mass is 331 g/mol. The van der Waals surface area contributed by atoms with Crippen LogP contribution in [0.4, 0.5) is 0 Å². The average Bonchev–Trinajstić information content (AvgIpc) is 3.23. The summed E-state index contributed by atoms with van der Waals surface area (Å²) in [5.74, 6) is 0.316. The van der Waals surface area contributed by atoms with E-state index in [1.165, 1.54) is 0 Å². The molecular weight excluding hydrogens is 310 g/mol. The fraction of sp³-hybridized carbons (Fsp3) is 0.600. The van der Waals surface area contributed by atoms with Crippen molar-refractivity contribution in [3.63, 3.8) is 0 Å². The van der Waals surface area contributed by atoms with E-state index in [1.54, 1.807) is 17.5 Å². The number of alkyl halides is 1. The SMILES string of the molecule is COCCN(C1CC1)S(=O)(=O)c1cc(CCl)c(C)cc1C. The van der Waals surface area contributed by atoms with Crippen molar-refractivity contribution in [2.45, 2.75) is 43.5 Å². The molecule has 6 heteroatoms. The van der Waals surface area contributed by atoms with Crippen LogP contribution in [0.25, 0.3) is 0 Å². The van der Waals surface area contributed by atoms with Crippen LogP contribution in [0, 0.1) is 13.8 Å². The van der Waals surface area contributed by atoms with Gasteiger partial charge in [0, 0.05) is 25.6 Å². The normalized spacial score (nSPS) is 15.7. The second kappa shape index (κ2) is 6.65. The van der Waals surface area contributed by atoms with Gasteiger partial charge in [-0.25, -0.2) is 8.42 Å². The summed E-state index contributed by atoms with van der Waals surface area (Å²) < 4.78 is 32.5. The molecule has 0 spiro atoms. The Kier molecular flexibility index (Phi) is 5.30. The minimum atomic E-state index is -3.50. The zero-order valence-corrected chi connectivity index (χ0v) is 14.3. The first-order valence-corrected chi connectivity index (χ1v) is 9.06. The molecule has 2 rings (SSSR count). The predicted octanol–water partition coefficient (Wildman–Crippen LogP) is 2.84. The fourth-order valence-corrected chi connectivity index (χ4v) is 4.68. The van der Waals surface area contributed by atoms with Crippen molar-refractivity contribution in [1.82, 2.24) is 4.31 Å². The molecule has 0 saturated heterocycles. The smallest absolute Gasteiger partial charge is 0.243 e. The first-order chi connectivity index (χ1) is 9.91. The molecule has 1 saturated carbocycles. The molecule has 4 nitrogen and oxygen atoms in total. The maximum Gasteiger partial charge on any atom is 0.243 e. The Labute approximate surface area is 132 Å². The summed E-state index contributed by atoms with van der Waals surface area (Å²) >= 11 is 5.92. The number of hydrogen-bond donors (Lipinski definition) is 0. The van der Waals surface area contributed by atoms with E-state index in [4.69, 9.17) is 16.3 Å². The van der Waals surface area contributed by atoms with Gasteiger partial charge in [0.25, 0.3) is 0 Å². The summed E-state index contributed by atoms with van der Waals surface area (Å²) in [5, 5.41) is 0. The lowest BCUT2D eigenvalue weighted by Gasteiger charge is -2.23. The van der Waals surface area contributed by atoms with E-state index < -0.39 is 10.0 Å². The molecular formula is C15H22ClNO3S. The number of sulfonamides is 1. The summed E-state index contributed by atoms with van der Waals surface area (Å²) in [5.41, 5.74) is 2.66. The number of benzene rings is 1. The summed E-state index contributed by atoms with van der Waals surface area (Å²) in [6, 6.07) is 3.73. The van der Waals surface area contributed by atoms with E-state index in [9.17, 15) is 8.42 Å². The zero-order valence-electron chi connectivity index (χ0n) is 12.7. The number of halogens is 1. The van der Waals surface area contributed by atoms with Crippen LogP contribution in [0.3, 0.4) is 0 Å². The van der Waals surface area contributed by atoms with E-state index in [-0.39, 0.29) is 6.04 Å². The van der Waals surface area contributed by atoms with Gasteiger partial charge in [0.15, 0.2) is 0 Å². The van der Waals surface area contributed by atoms with Crippen LogP contribution < -0.4 is 0 Å². The first kappa shape index (κ1) is 16.7. The summed E-state index contributed by atoms with van der Waals surface area (Å²) in [7, 11) is -1.91. The number of ether oxygens (including phenoxy) is 1. The van der Waals surface area contributed by atoms with E-state index in [0.29, 0.717) is 23.9 Å². The number of hydrogen-bond acceptors (Lipinski definition) is 3. The number of rotatable bonds is 7. The Balaban J connectivity index is 2.41. The van der Waals surface area contributed by atoms with Gasteiger partial charge in [0.05, 0.1) is 11.5 Å². The molecule has 0 unspecified atom stereocenters. The fourth-order valence-electron chi connectivity index (χ4n) is 2.47. The molecule has 0 atom stereocenters. The molecule has 0 aliphatic heterocycles. The van der Waals surface area contributed by atoms with Crippen molar-refractivity contribution in [3.8, 4) is 0 Å². The van der Waals surface area contributed by atoms with Crippen LogP contribution >= 0.6 is 11.6 Å². The van der Waals surface area contributed by atoms with Crippen LogP contribution in [0.5, 0.6) is 0 Å². The van der Waals surface area contributed by atoms with Crippen LogP contribution in [0.15, 0.2) is 17.0 Å². The van der Waals surface area contributed by atoms with Gasteiger partial charge in [-0.05, 0) is 49.4 Å². The molecule has 0 N–H and O–H groups in total. The van der Waals surface area contributed by atoms with Crippen molar-refractivity contribution in [3.05, 3.63) is 28.8 Å². The number of methoxy groups -OCH3 is 1. The molecule has 0 bridgehead atoms. The van der Waals surface area contributed by atoms with E-state index in [1.807, 2.05) is 19.9 Å². The second-order valence-corrected chi connectivity index (χ2v) is 7.64. The van der Waals surface area contributed by atoms with Gasteiger partial charge in [-0.2, -0.15) is 4.31 Å². The van der Waals surface area contributed by atoms with Crippen LogP contribution in [-0.4, -0.2) is 39.0 Å². The van der Waals surface area contributed by atoms with Gasteiger partial charge in [-0.1, -0.05) is 6.07 Å². The Morgan fingerprint density at radius 1 is 1.29 bits per heavy atom. The van der Waals surface area contributed by atoms with Gasteiger partial charge in [-0.3, -0.25) is 0 Å². The Hall–Kier alpha value is -0.620. The van der Waals surface area contributed by atoms with Gasteiger partial charge in [0.2, 0.25) is 10.0 Å². The van der Waals surface area contributed by atoms with E-state index >= 15 is 0 Å². The molecule has 0 aromatic heterocycles. The molecule has 0 radical (unpaired) electrons. The second-order valence-electron chi connectivity index (χ2n) is 5.52. The molecule has 0 heterocycles. The Morgan fingerprint density at radius 2 is 1.95 bits per heavy atom. The third-order valence-corrected chi connectivity index (χ3v) is 6.22. The van der Waals surface area contributed by atoms with Crippen LogP contribution in [0.2, 0.25) is 0 Å². The Morgan fingerprint density at radius 3 is 2.48 bits per heavy atom. The minimum absolute atomic E-state index is 0.116. The van der Waals surface area contributed by atoms with Crippen molar-refractivity contribution in [2.24, 2.45) is 0 Å². The lowest BCUT2D eigenvalue weighted by Crippen LogP contribution is -2.36. The minimum Gasteiger partial charge on any atom is -0.383 e. The summed E-state index contributed by atoms with van der Waals surface area (Å²) in [6.45, 7) is 4.58. The lowest BCUT2D eigenvalue weighted by atomic mass is 10.1. The third-order valence-electron chi connectivity index (χ3n) is 3.83. The molecule has 1 aliphatic carbocycles. The van der Waals surface area contributed by atoms with Crippen molar-refractivity contribution in [1.29, 1.82) is 0 Å². The number of nitrogens with zero attached hydrogens (tertiary/aromatic N) is 1. The first-order valence-electron chi connectivity index (χ1n) is 7.08. The van der Waals surface area contributed by atoms with E-state index in [2.05, 4.69) is 0 Å². The van der Waals surface area contributed by atoms with Crippen molar-refractivity contribution in [2.75, 3.05) is 20.3 Å². The summed E-state index contributed by atoms with van der Waals surface area (Å²) in [4.78, 5) is 0.367. The third kappa shape index (κ3) is 3.59. The lowest BCUT2D eigenvalue weighted by molar-refractivity contribution is 0.177. The van der Waals surface area contributed by atoms with Crippen LogP contribution in [0.1, 0.15) is 29.5 Å². The Bertz CT molecular complexity index is 612. The maximum atomic E-state index is 12.9. The van der Waals surface area contributed by atoms with Crippen LogP contribution in [-0.2, 0) is 20.6 Å². The highest BCUT2D eigenvalue weighted by Gasteiger charge is 2.38. The van der Waals surface area contributed by atoms with Crippen molar-refractivity contribution < 1.29 is 13.2 Å². The largest absolute Gasteiger partial charge is 0.383 e. The maximum absolute atomic E-state index is 12.9. The van der Waals surface area contributed by atoms with Gasteiger partial charge < -0.3 is 4.74 Å². The molecule has 118 valence electrons. The highest BCUT2D eigenvalue weighted by molar-refractivity contribution is 7.89. The molecule has 1 aromatic rings. The highest BCUT2D eigenvalue weighted by atomic mass is 35.5. The van der Waals surface area contributed by atoms with E-state index in [0.717, 1.165) is 29.5 Å². The molecule has 21 heavy (non-hydrogen) atoms. The van der Waals surface area contributed by atoms with Gasteiger partial charge in [-0.15, -0.1) is 11.6 Å². The topological polar surface area (TPSA) is 46.6 Å². The predicted molar refractivity (Wildman–Crippen MR) is 84.3 cm³/mol. The van der Waals surface area contributed by atoms with Gasteiger partial charge >= 0.3 is 0 Å². The highest BCUT2D eigenvalue weighted by Crippen LogP contribution is 2.33. The molecule has 1 aliphatic rings. The molecule has 1 fully saturated rings.